The smallest absolute Gasteiger partial charge is 0.113 e. The topological polar surface area (TPSA) is 50.9 Å². The molecule has 0 atom stereocenters. The molecule has 1 aromatic carbocycles. The summed E-state index contributed by atoms with van der Waals surface area (Å²) in [5, 5.41) is 16.8. The lowest BCUT2D eigenvalue weighted by molar-refractivity contribution is 0.282. The zero-order chi connectivity index (χ0) is 9.97. The molecule has 2 aromatic rings. The third-order valence-corrected chi connectivity index (χ3v) is 2.01. The van der Waals surface area contributed by atoms with Gasteiger partial charge < -0.3 is 5.11 Å². The van der Waals surface area contributed by atoms with Gasteiger partial charge in [0.2, 0.25) is 0 Å². The van der Waals surface area contributed by atoms with Crippen LogP contribution in [0.4, 0.5) is 0 Å². The summed E-state index contributed by atoms with van der Waals surface area (Å²) in [6, 6.07) is 7.63. The second-order valence-electron chi connectivity index (χ2n) is 3.14. The van der Waals surface area contributed by atoms with Crippen molar-refractivity contribution < 1.29 is 5.11 Å². The Morgan fingerprint density at radius 3 is 2.93 bits per heavy atom. The van der Waals surface area contributed by atoms with Crippen LogP contribution >= 0.6 is 0 Å². The van der Waals surface area contributed by atoms with Gasteiger partial charge in [0.25, 0.3) is 0 Å². The number of hydrogen-bond donors (Lipinski definition) is 1. The average molecular weight is 189 g/mol. The maximum atomic E-state index is 8.97. The highest BCUT2D eigenvalue weighted by Crippen LogP contribution is 2.17. The molecular formula is C10H11N3O. The van der Waals surface area contributed by atoms with Crippen molar-refractivity contribution in [3.05, 3.63) is 36.0 Å². The van der Waals surface area contributed by atoms with Gasteiger partial charge in [0.15, 0.2) is 0 Å². The molecule has 0 unspecified atom stereocenters. The third-order valence-electron chi connectivity index (χ3n) is 2.01. The van der Waals surface area contributed by atoms with Gasteiger partial charge in [0, 0.05) is 12.6 Å². The zero-order valence-electron chi connectivity index (χ0n) is 7.88. The van der Waals surface area contributed by atoms with Crippen molar-refractivity contribution in [2.75, 3.05) is 0 Å². The molecule has 0 spiro atoms. The first kappa shape index (κ1) is 8.90. The van der Waals surface area contributed by atoms with Crippen molar-refractivity contribution >= 4 is 0 Å². The van der Waals surface area contributed by atoms with E-state index in [2.05, 4.69) is 10.3 Å². The van der Waals surface area contributed by atoms with Crippen molar-refractivity contribution in [1.29, 1.82) is 0 Å². The summed E-state index contributed by atoms with van der Waals surface area (Å²) in [7, 11) is 1.83. The lowest BCUT2D eigenvalue weighted by atomic mass is 10.1. The van der Waals surface area contributed by atoms with Gasteiger partial charge in [-0.05, 0) is 11.6 Å². The van der Waals surface area contributed by atoms with Gasteiger partial charge in [-0.15, -0.1) is 5.10 Å². The Bertz CT molecular complexity index is 436. The molecule has 0 aliphatic heterocycles. The lowest BCUT2D eigenvalue weighted by Gasteiger charge is -1.98. The van der Waals surface area contributed by atoms with Gasteiger partial charge in [0.1, 0.15) is 5.69 Å². The highest BCUT2D eigenvalue weighted by molar-refractivity contribution is 5.58. The minimum atomic E-state index is 0.0497. The van der Waals surface area contributed by atoms with Crippen LogP contribution in [0.1, 0.15) is 5.56 Å². The molecule has 0 radical (unpaired) electrons. The first-order chi connectivity index (χ1) is 6.79. The Kier molecular flexibility index (Phi) is 2.28. The Balaban J connectivity index is 2.41. The molecule has 0 bridgehead atoms. The van der Waals surface area contributed by atoms with E-state index < -0.39 is 0 Å². The molecule has 0 fully saturated rings. The fourth-order valence-electron chi connectivity index (χ4n) is 1.31. The molecular weight excluding hydrogens is 178 g/mol. The van der Waals surface area contributed by atoms with E-state index in [4.69, 9.17) is 5.11 Å². The lowest BCUT2D eigenvalue weighted by Crippen LogP contribution is -1.85. The van der Waals surface area contributed by atoms with Crippen LogP contribution in [-0.4, -0.2) is 20.1 Å². The summed E-state index contributed by atoms with van der Waals surface area (Å²) >= 11 is 0. The normalized spacial score (nSPS) is 10.4. The number of aliphatic hydroxyl groups is 1. The van der Waals surface area contributed by atoms with E-state index in [1.54, 1.807) is 4.68 Å². The molecule has 4 heteroatoms. The molecule has 0 aliphatic rings. The van der Waals surface area contributed by atoms with Gasteiger partial charge in [-0.25, -0.2) is 0 Å². The van der Waals surface area contributed by atoms with Crippen LogP contribution in [0.25, 0.3) is 11.3 Å². The maximum absolute atomic E-state index is 8.97. The minimum Gasteiger partial charge on any atom is -0.392 e. The van der Waals surface area contributed by atoms with E-state index in [1.807, 2.05) is 37.5 Å². The molecule has 2 rings (SSSR count). The number of aryl methyl sites for hydroxylation is 1. The fourth-order valence-corrected chi connectivity index (χ4v) is 1.31. The molecule has 4 nitrogen and oxygen atoms in total. The molecule has 1 heterocycles. The van der Waals surface area contributed by atoms with Gasteiger partial charge in [-0.2, -0.15) is 0 Å². The van der Waals surface area contributed by atoms with Crippen molar-refractivity contribution in [3.63, 3.8) is 0 Å². The molecule has 0 aliphatic carbocycles. The van der Waals surface area contributed by atoms with Gasteiger partial charge in [-0.3, -0.25) is 4.68 Å². The van der Waals surface area contributed by atoms with Gasteiger partial charge in [0.05, 0.1) is 12.8 Å². The van der Waals surface area contributed by atoms with Gasteiger partial charge >= 0.3 is 0 Å². The Labute approximate surface area is 81.8 Å². The van der Waals surface area contributed by atoms with E-state index >= 15 is 0 Å². The monoisotopic (exact) mass is 189 g/mol. The predicted molar refractivity (Wildman–Crippen MR) is 52.4 cm³/mol. The number of nitrogens with zero attached hydrogens (tertiary/aromatic N) is 3. The maximum Gasteiger partial charge on any atom is 0.113 e. The average Bonchev–Trinajstić information content (AvgIpc) is 2.65. The molecule has 0 saturated heterocycles. The van der Waals surface area contributed by atoms with Crippen LogP contribution in [0.5, 0.6) is 0 Å². The van der Waals surface area contributed by atoms with E-state index in [1.165, 1.54) is 0 Å². The third kappa shape index (κ3) is 1.65. The molecule has 1 N–H and O–H groups in total. The van der Waals surface area contributed by atoms with E-state index in [0.717, 1.165) is 16.8 Å². The second-order valence-corrected chi connectivity index (χ2v) is 3.14. The second kappa shape index (κ2) is 3.59. The summed E-state index contributed by atoms with van der Waals surface area (Å²) in [6.45, 7) is 0.0497. The Morgan fingerprint density at radius 1 is 1.43 bits per heavy atom. The first-order valence-corrected chi connectivity index (χ1v) is 4.36. The van der Waals surface area contributed by atoms with Crippen molar-refractivity contribution in [2.45, 2.75) is 6.61 Å². The summed E-state index contributed by atoms with van der Waals surface area (Å²) < 4.78 is 1.65. The number of benzene rings is 1. The molecule has 72 valence electrons. The quantitative estimate of drug-likeness (QED) is 0.766. The first-order valence-electron chi connectivity index (χ1n) is 4.36. The van der Waals surface area contributed by atoms with E-state index in [-0.39, 0.29) is 6.61 Å². The Hall–Kier alpha value is -1.68. The highest BCUT2D eigenvalue weighted by Gasteiger charge is 2.02. The standard InChI is InChI=1S/C10H11N3O/c1-13-6-10(11-12-13)9-4-2-3-8(5-9)7-14/h2-6,14H,7H2,1H3. The summed E-state index contributed by atoms with van der Waals surface area (Å²) in [6.07, 6.45) is 1.84. The Morgan fingerprint density at radius 2 is 2.29 bits per heavy atom. The summed E-state index contributed by atoms with van der Waals surface area (Å²) in [4.78, 5) is 0. The van der Waals surface area contributed by atoms with Crippen LogP contribution in [0, 0.1) is 0 Å². The molecule has 14 heavy (non-hydrogen) atoms. The number of aliphatic hydroxyl groups excluding tert-OH is 1. The van der Waals surface area contributed by atoms with Crippen LogP contribution in [-0.2, 0) is 13.7 Å². The summed E-state index contributed by atoms with van der Waals surface area (Å²) in [5.74, 6) is 0. The highest BCUT2D eigenvalue weighted by atomic mass is 16.3. The number of rotatable bonds is 2. The van der Waals surface area contributed by atoms with Gasteiger partial charge in [-0.1, -0.05) is 23.4 Å². The minimum absolute atomic E-state index is 0.0497. The van der Waals surface area contributed by atoms with Crippen molar-refractivity contribution in [3.8, 4) is 11.3 Å². The van der Waals surface area contributed by atoms with Crippen LogP contribution < -0.4 is 0 Å². The summed E-state index contributed by atoms with van der Waals surface area (Å²) in [5.41, 5.74) is 2.68. The largest absolute Gasteiger partial charge is 0.392 e. The molecule has 0 amide bonds. The van der Waals surface area contributed by atoms with E-state index in [0.29, 0.717) is 0 Å². The van der Waals surface area contributed by atoms with Crippen LogP contribution in [0.2, 0.25) is 0 Å². The van der Waals surface area contributed by atoms with Crippen LogP contribution in [0.15, 0.2) is 30.5 Å². The number of hydrogen-bond acceptors (Lipinski definition) is 3. The predicted octanol–water partition coefficient (Wildman–Crippen LogP) is 0.974. The van der Waals surface area contributed by atoms with Crippen LogP contribution in [0.3, 0.4) is 0 Å². The molecule has 1 aromatic heterocycles. The fraction of sp³-hybridized carbons (Fsp3) is 0.200. The van der Waals surface area contributed by atoms with Crippen molar-refractivity contribution in [1.82, 2.24) is 15.0 Å². The molecule has 0 saturated carbocycles. The number of aromatic nitrogens is 3. The zero-order valence-corrected chi connectivity index (χ0v) is 7.88. The van der Waals surface area contributed by atoms with Crippen molar-refractivity contribution in [2.24, 2.45) is 7.05 Å². The van der Waals surface area contributed by atoms with E-state index in [9.17, 15) is 0 Å². The SMILES string of the molecule is Cn1cc(-c2cccc(CO)c2)nn1.